The molecule has 1 aliphatic rings. The molecular weight excluding hydrogens is 274 g/mol. The van der Waals surface area contributed by atoms with Crippen LogP contribution in [0.4, 0.5) is 5.69 Å². The van der Waals surface area contributed by atoms with Crippen LogP contribution in [0.3, 0.4) is 0 Å². The fraction of sp³-hybridized carbons (Fsp3) is 0.267. The van der Waals surface area contributed by atoms with Crippen LogP contribution in [0.15, 0.2) is 49.1 Å². The summed E-state index contributed by atoms with van der Waals surface area (Å²) in [5.74, 6) is -0.565. The summed E-state index contributed by atoms with van der Waals surface area (Å²) in [6.07, 6.45) is 5.17. The summed E-state index contributed by atoms with van der Waals surface area (Å²) in [6, 6.07) is 7.52. The Balaban J connectivity index is 2.69. The maximum absolute atomic E-state index is 11.2. The Kier molecular flexibility index (Phi) is 3.67. The summed E-state index contributed by atoms with van der Waals surface area (Å²) in [5, 5.41) is 0. The standard InChI is InChI=1S/C15H17NO3S/c1-4-5-10-14-15(2,3)12-8-6-7-9-13(12)16(14)11-20(17,18)19/h4-10H,1,11H2,2-3H3/b10-5+. The first kappa shape index (κ1) is 14.7. The first-order chi connectivity index (χ1) is 9.27. The monoisotopic (exact) mass is 291 g/mol. The lowest BCUT2D eigenvalue weighted by Gasteiger charge is -2.15. The number of hydrogen-bond donors (Lipinski definition) is 0. The minimum atomic E-state index is -4.36. The van der Waals surface area contributed by atoms with E-state index >= 15 is 0 Å². The van der Waals surface area contributed by atoms with Crippen molar-refractivity contribution in [1.82, 2.24) is 0 Å². The fourth-order valence-corrected chi connectivity index (χ4v) is 3.19. The molecule has 0 fully saturated rings. The number of para-hydroxylation sites is 1. The molecule has 2 rings (SSSR count). The first-order valence-corrected chi connectivity index (χ1v) is 7.82. The molecule has 1 aromatic carbocycles. The zero-order valence-corrected chi connectivity index (χ0v) is 12.4. The van der Waals surface area contributed by atoms with Gasteiger partial charge in [0, 0.05) is 17.7 Å². The van der Waals surface area contributed by atoms with Crippen LogP contribution in [0.1, 0.15) is 19.4 Å². The molecule has 0 saturated carbocycles. The molecule has 1 aromatic rings. The van der Waals surface area contributed by atoms with Gasteiger partial charge in [-0.3, -0.25) is 0 Å². The van der Waals surface area contributed by atoms with E-state index in [1.54, 1.807) is 22.8 Å². The molecule has 0 N–H and O–H groups in total. The van der Waals surface area contributed by atoms with Gasteiger partial charge in [0.15, 0.2) is 15.8 Å². The maximum atomic E-state index is 11.2. The van der Waals surface area contributed by atoms with Crippen LogP contribution in [-0.2, 0) is 15.5 Å². The molecule has 1 aliphatic heterocycles. The van der Waals surface area contributed by atoms with E-state index in [9.17, 15) is 13.0 Å². The molecule has 0 spiro atoms. The SMILES string of the molecule is C=C/C=C/C1=[N+](CS(=O)(=O)[O-])c2ccccc2C1(C)C. The van der Waals surface area contributed by atoms with Gasteiger partial charge >= 0.3 is 0 Å². The Labute approximate surface area is 119 Å². The van der Waals surface area contributed by atoms with E-state index in [1.807, 2.05) is 38.1 Å². The van der Waals surface area contributed by atoms with Crippen molar-refractivity contribution in [3.8, 4) is 0 Å². The highest BCUT2D eigenvalue weighted by molar-refractivity contribution is 7.85. The van der Waals surface area contributed by atoms with Gasteiger partial charge < -0.3 is 4.55 Å². The molecular formula is C15H17NO3S. The molecule has 5 heteroatoms. The Bertz CT molecular complexity index is 712. The lowest BCUT2D eigenvalue weighted by molar-refractivity contribution is -0.416. The number of benzene rings is 1. The molecule has 0 aliphatic carbocycles. The van der Waals surface area contributed by atoms with E-state index in [2.05, 4.69) is 6.58 Å². The van der Waals surface area contributed by atoms with Crippen LogP contribution < -0.4 is 0 Å². The van der Waals surface area contributed by atoms with Crippen LogP contribution >= 0.6 is 0 Å². The third-order valence-electron chi connectivity index (χ3n) is 3.48. The van der Waals surface area contributed by atoms with Crippen LogP contribution in [0, 0.1) is 0 Å². The van der Waals surface area contributed by atoms with Crippen LogP contribution in [0.25, 0.3) is 0 Å². The van der Waals surface area contributed by atoms with Crippen molar-refractivity contribution in [1.29, 1.82) is 0 Å². The molecule has 0 radical (unpaired) electrons. The van der Waals surface area contributed by atoms with Crippen molar-refractivity contribution in [3.63, 3.8) is 0 Å². The minimum absolute atomic E-state index is 0.360. The second-order valence-corrected chi connectivity index (χ2v) is 6.61. The third-order valence-corrected chi connectivity index (χ3v) is 4.05. The van der Waals surface area contributed by atoms with Crippen LogP contribution in [0.5, 0.6) is 0 Å². The Hall–Kier alpha value is -1.72. The zero-order chi connectivity index (χ0) is 15.0. The van der Waals surface area contributed by atoms with Gasteiger partial charge in [-0.05, 0) is 13.8 Å². The van der Waals surface area contributed by atoms with Gasteiger partial charge in [-0.2, -0.15) is 4.58 Å². The molecule has 0 saturated heterocycles. The zero-order valence-electron chi connectivity index (χ0n) is 11.5. The molecule has 0 aromatic heterocycles. The molecule has 0 bridgehead atoms. The lowest BCUT2D eigenvalue weighted by atomic mass is 9.81. The Morgan fingerprint density at radius 2 is 2.00 bits per heavy atom. The minimum Gasteiger partial charge on any atom is -0.743 e. The van der Waals surface area contributed by atoms with Crippen molar-refractivity contribution in [2.75, 3.05) is 5.88 Å². The molecule has 20 heavy (non-hydrogen) atoms. The van der Waals surface area contributed by atoms with Crippen LogP contribution in [0.2, 0.25) is 0 Å². The Morgan fingerprint density at radius 3 is 2.60 bits per heavy atom. The molecule has 0 atom stereocenters. The lowest BCUT2D eigenvalue weighted by Crippen LogP contribution is -2.29. The van der Waals surface area contributed by atoms with Crippen molar-refractivity contribution in [2.45, 2.75) is 19.3 Å². The quantitative estimate of drug-likeness (QED) is 0.486. The summed E-state index contributed by atoms with van der Waals surface area (Å²) >= 11 is 0. The van der Waals surface area contributed by atoms with Gasteiger partial charge in [-0.15, -0.1) is 0 Å². The van der Waals surface area contributed by atoms with Gasteiger partial charge in [0.25, 0.3) is 0 Å². The maximum Gasteiger partial charge on any atom is 0.237 e. The van der Waals surface area contributed by atoms with Crippen molar-refractivity contribution >= 4 is 21.5 Å². The third kappa shape index (κ3) is 2.59. The van der Waals surface area contributed by atoms with E-state index in [1.165, 1.54) is 0 Å². The van der Waals surface area contributed by atoms with E-state index < -0.39 is 16.0 Å². The number of allylic oxidation sites excluding steroid dienone is 3. The fourth-order valence-electron chi connectivity index (χ4n) is 2.60. The predicted octanol–water partition coefficient (Wildman–Crippen LogP) is 2.31. The van der Waals surface area contributed by atoms with Gasteiger partial charge in [-0.1, -0.05) is 36.9 Å². The average Bonchev–Trinajstić information content (AvgIpc) is 2.55. The molecule has 0 unspecified atom stereocenters. The molecule has 4 nitrogen and oxygen atoms in total. The number of nitrogens with zero attached hydrogens (tertiary/aromatic N) is 1. The number of hydrogen-bond acceptors (Lipinski definition) is 3. The first-order valence-electron chi connectivity index (χ1n) is 6.24. The van der Waals surface area contributed by atoms with Gasteiger partial charge in [0.1, 0.15) is 0 Å². The van der Waals surface area contributed by atoms with Crippen molar-refractivity contribution in [2.24, 2.45) is 0 Å². The highest BCUT2D eigenvalue weighted by atomic mass is 32.2. The Morgan fingerprint density at radius 1 is 1.35 bits per heavy atom. The predicted molar refractivity (Wildman–Crippen MR) is 78.3 cm³/mol. The second kappa shape index (κ2) is 5.00. The molecule has 1 heterocycles. The van der Waals surface area contributed by atoms with Crippen molar-refractivity contribution in [3.05, 3.63) is 54.6 Å². The summed E-state index contributed by atoms with van der Waals surface area (Å²) in [7, 11) is -4.36. The smallest absolute Gasteiger partial charge is 0.237 e. The molecule has 106 valence electrons. The summed E-state index contributed by atoms with van der Waals surface area (Å²) in [5.41, 5.74) is 2.19. The summed E-state index contributed by atoms with van der Waals surface area (Å²) in [4.78, 5) is 0. The molecule has 0 amide bonds. The van der Waals surface area contributed by atoms with E-state index in [4.69, 9.17) is 0 Å². The normalized spacial score (nSPS) is 17.6. The second-order valence-electron chi connectivity index (χ2n) is 5.24. The van der Waals surface area contributed by atoms with Crippen molar-refractivity contribution < 1.29 is 17.5 Å². The van der Waals surface area contributed by atoms with E-state index in [-0.39, 0.29) is 5.41 Å². The van der Waals surface area contributed by atoms with E-state index in [0.717, 1.165) is 17.0 Å². The highest BCUT2D eigenvalue weighted by Crippen LogP contribution is 2.39. The summed E-state index contributed by atoms with van der Waals surface area (Å²) < 4.78 is 35.1. The number of fused-ring (bicyclic) bond motifs is 1. The topological polar surface area (TPSA) is 60.2 Å². The van der Waals surface area contributed by atoms with Crippen LogP contribution in [-0.4, -0.2) is 29.1 Å². The van der Waals surface area contributed by atoms with Gasteiger partial charge in [-0.25, -0.2) is 8.42 Å². The van der Waals surface area contributed by atoms with Gasteiger partial charge in [0.05, 0.1) is 5.41 Å². The highest BCUT2D eigenvalue weighted by Gasteiger charge is 2.44. The van der Waals surface area contributed by atoms with Gasteiger partial charge in [0.2, 0.25) is 11.6 Å². The largest absolute Gasteiger partial charge is 0.743 e. The average molecular weight is 291 g/mol. The summed E-state index contributed by atoms with van der Waals surface area (Å²) in [6.45, 7) is 7.63. The number of rotatable bonds is 4. The van der Waals surface area contributed by atoms with E-state index in [0.29, 0.717) is 0 Å².